The Morgan fingerprint density at radius 3 is 2.93 bits per heavy atom. The van der Waals surface area contributed by atoms with Crippen LogP contribution < -0.4 is 0 Å². The van der Waals surface area contributed by atoms with Crippen molar-refractivity contribution in [3.63, 3.8) is 0 Å². The lowest BCUT2D eigenvalue weighted by molar-refractivity contribution is -0.110. The highest BCUT2D eigenvalue weighted by molar-refractivity contribution is 9.10. The molecule has 1 aromatic rings. The zero-order valence-electron chi connectivity index (χ0n) is 8.38. The van der Waals surface area contributed by atoms with E-state index in [1.807, 2.05) is 0 Å². The zero-order chi connectivity index (χ0) is 10.3. The standard InChI is InChI=1S/C12H13BrO/c1-8-3-4-10-6-9(2)12(13,7-14)11(10)5-8/h3-5,7,9H,6H2,1-2H3. The van der Waals surface area contributed by atoms with Gasteiger partial charge in [0.05, 0.1) is 0 Å². The Morgan fingerprint density at radius 1 is 1.57 bits per heavy atom. The number of hydrogen-bond acceptors (Lipinski definition) is 1. The summed E-state index contributed by atoms with van der Waals surface area (Å²) in [5.74, 6) is 0.344. The van der Waals surface area contributed by atoms with Crippen LogP contribution in [0.3, 0.4) is 0 Å². The largest absolute Gasteiger partial charge is 0.301 e. The second kappa shape index (κ2) is 3.20. The summed E-state index contributed by atoms with van der Waals surface area (Å²) < 4.78 is -0.450. The van der Waals surface area contributed by atoms with Gasteiger partial charge in [0.1, 0.15) is 10.6 Å². The van der Waals surface area contributed by atoms with Gasteiger partial charge in [-0.2, -0.15) is 0 Å². The molecule has 0 heterocycles. The van der Waals surface area contributed by atoms with Crippen molar-refractivity contribution >= 4 is 22.2 Å². The predicted molar refractivity (Wildman–Crippen MR) is 60.7 cm³/mol. The monoisotopic (exact) mass is 252 g/mol. The molecule has 0 spiro atoms. The summed E-state index contributed by atoms with van der Waals surface area (Å²) in [7, 11) is 0. The third-order valence-corrected chi connectivity index (χ3v) is 4.49. The molecular formula is C12H13BrO. The Bertz CT molecular complexity index is 386. The first-order valence-corrected chi connectivity index (χ1v) is 5.62. The molecule has 2 rings (SSSR count). The maximum Gasteiger partial charge on any atom is 0.141 e. The zero-order valence-corrected chi connectivity index (χ0v) is 9.97. The SMILES string of the molecule is Cc1ccc2c(c1)C(Br)(C=O)C(C)C2. The minimum absolute atomic E-state index is 0.344. The van der Waals surface area contributed by atoms with Gasteiger partial charge in [-0.15, -0.1) is 0 Å². The molecule has 0 saturated heterocycles. The first-order chi connectivity index (χ1) is 6.58. The molecule has 14 heavy (non-hydrogen) atoms. The van der Waals surface area contributed by atoms with E-state index in [-0.39, 0.29) is 0 Å². The topological polar surface area (TPSA) is 17.1 Å². The van der Waals surface area contributed by atoms with Crippen LogP contribution in [-0.2, 0) is 15.5 Å². The summed E-state index contributed by atoms with van der Waals surface area (Å²) in [5.41, 5.74) is 3.66. The highest BCUT2D eigenvalue weighted by Crippen LogP contribution is 2.46. The molecule has 0 saturated carbocycles. The maximum absolute atomic E-state index is 11.2. The molecule has 0 radical (unpaired) electrons. The van der Waals surface area contributed by atoms with Crippen LogP contribution in [0.2, 0.25) is 0 Å². The maximum atomic E-state index is 11.2. The third-order valence-electron chi connectivity index (χ3n) is 3.09. The van der Waals surface area contributed by atoms with Crippen molar-refractivity contribution in [3.8, 4) is 0 Å². The summed E-state index contributed by atoms with van der Waals surface area (Å²) in [6, 6.07) is 6.35. The number of hydrogen-bond donors (Lipinski definition) is 0. The normalized spacial score (nSPS) is 30.1. The molecule has 0 N–H and O–H groups in total. The average Bonchev–Trinajstić information content (AvgIpc) is 2.41. The quantitative estimate of drug-likeness (QED) is 0.555. The number of aldehydes is 1. The van der Waals surface area contributed by atoms with Crippen LogP contribution in [0.25, 0.3) is 0 Å². The van der Waals surface area contributed by atoms with Crippen molar-refractivity contribution in [1.29, 1.82) is 0 Å². The average molecular weight is 253 g/mol. The van der Waals surface area contributed by atoms with Gasteiger partial charge in [-0.1, -0.05) is 46.6 Å². The molecule has 0 aromatic heterocycles. The minimum Gasteiger partial charge on any atom is -0.301 e. The van der Waals surface area contributed by atoms with Crippen LogP contribution in [0, 0.1) is 12.8 Å². The fourth-order valence-electron chi connectivity index (χ4n) is 2.15. The first-order valence-electron chi connectivity index (χ1n) is 4.83. The molecule has 1 aliphatic carbocycles. The van der Waals surface area contributed by atoms with Gasteiger partial charge in [-0.3, -0.25) is 0 Å². The summed E-state index contributed by atoms with van der Waals surface area (Å²) in [5, 5.41) is 0. The Kier molecular flexibility index (Phi) is 2.26. The summed E-state index contributed by atoms with van der Waals surface area (Å²) in [6.07, 6.45) is 2.02. The lowest BCUT2D eigenvalue weighted by atomic mass is 9.95. The highest BCUT2D eigenvalue weighted by atomic mass is 79.9. The Labute approximate surface area is 92.6 Å². The van der Waals surface area contributed by atoms with Gasteiger partial charge in [0.2, 0.25) is 0 Å². The summed E-state index contributed by atoms with van der Waals surface area (Å²) in [6.45, 7) is 4.17. The van der Waals surface area contributed by atoms with E-state index in [1.165, 1.54) is 11.1 Å². The third kappa shape index (κ3) is 1.24. The fraction of sp³-hybridized carbons (Fsp3) is 0.417. The van der Waals surface area contributed by atoms with Crippen molar-refractivity contribution in [1.82, 2.24) is 0 Å². The summed E-state index contributed by atoms with van der Waals surface area (Å²) >= 11 is 3.58. The van der Waals surface area contributed by atoms with Gasteiger partial charge in [0.15, 0.2) is 0 Å². The Morgan fingerprint density at radius 2 is 2.29 bits per heavy atom. The summed E-state index contributed by atoms with van der Waals surface area (Å²) in [4.78, 5) is 11.2. The van der Waals surface area contributed by atoms with E-state index < -0.39 is 4.32 Å². The number of alkyl halides is 1. The van der Waals surface area contributed by atoms with Gasteiger partial charge in [-0.25, -0.2) is 0 Å². The van der Waals surface area contributed by atoms with E-state index >= 15 is 0 Å². The lowest BCUT2D eigenvalue weighted by Crippen LogP contribution is -2.23. The van der Waals surface area contributed by atoms with Crippen LogP contribution in [0.15, 0.2) is 18.2 Å². The smallest absolute Gasteiger partial charge is 0.141 e. The Hall–Kier alpha value is -0.630. The van der Waals surface area contributed by atoms with Crippen molar-refractivity contribution < 1.29 is 4.79 Å². The second-order valence-corrected chi connectivity index (χ2v) is 5.46. The van der Waals surface area contributed by atoms with Gasteiger partial charge in [0, 0.05) is 0 Å². The van der Waals surface area contributed by atoms with Crippen molar-refractivity contribution in [2.45, 2.75) is 24.6 Å². The van der Waals surface area contributed by atoms with E-state index in [1.54, 1.807) is 0 Å². The lowest BCUT2D eigenvalue weighted by Gasteiger charge is -2.21. The predicted octanol–water partition coefficient (Wildman–Crippen LogP) is 2.98. The van der Waals surface area contributed by atoms with E-state index in [2.05, 4.69) is 48.0 Å². The molecule has 2 heteroatoms. The molecular weight excluding hydrogens is 240 g/mol. The molecule has 0 bridgehead atoms. The highest BCUT2D eigenvalue weighted by Gasteiger charge is 2.42. The number of fused-ring (bicyclic) bond motifs is 1. The molecule has 0 fully saturated rings. The molecule has 74 valence electrons. The van der Waals surface area contributed by atoms with Gasteiger partial charge in [-0.05, 0) is 30.4 Å². The second-order valence-electron chi connectivity index (χ2n) is 4.15. The molecule has 2 atom stereocenters. The molecule has 1 aromatic carbocycles. The van der Waals surface area contributed by atoms with Crippen LogP contribution in [-0.4, -0.2) is 6.29 Å². The fourth-order valence-corrected chi connectivity index (χ4v) is 2.68. The van der Waals surface area contributed by atoms with E-state index in [9.17, 15) is 4.79 Å². The number of carbonyl (C=O) groups is 1. The van der Waals surface area contributed by atoms with Crippen molar-refractivity contribution in [2.75, 3.05) is 0 Å². The van der Waals surface area contributed by atoms with Gasteiger partial charge in [0.25, 0.3) is 0 Å². The minimum atomic E-state index is -0.450. The van der Waals surface area contributed by atoms with Crippen LogP contribution in [0.5, 0.6) is 0 Å². The van der Waals surface area contributed by atoms with E-state index in [4.69, 9.17) is 0 Å². The van der Waals surface area contributed by atoms with E-state index in [0.717, 1.165) is 18.3 Å². The first kappa shape index (κ1) is 9.91. The number of benzene rings is 1. The van der Waals surface area contributed by atoms with Gasteiger partial charge < -0.3 is 4.79 Å². The Balaban J connectivity index is 2.61. The van der Waals surface area contributed by atoms with Crippen LogP contribution in [0.4, 0.5) is 0 Å². The van der Waals surface area contributed by atoms with Crippen molar-refractivity contribution in [2.24, 2.45) is 5.92 Å². The molecule has 2 unspecified atom stereocenters. The van der Waals surface area contributed by atoms with Gasteiger partial charge >= 0.3 is 0 Å². The van der Waals surface area contributed by atoms with E-state index in [0.29, 0.717) is 5.92 Å². The number of rotatable bonds is 1. The number of halogens is 1. The molecule has 0 aliphatic heterocycles. The molecule has 1 nitrogen and oxygen atoms in total. The number of aryl methyl sites for hydroxylation is 1. The van der Waals surface area contributed by atoms with Crippen LogP contribution >= 0.6 is 15.9 Å². The molecule has 1 aliphatic rings. The number of carbonyl (C=O) groups excluding carboxylic acids is 1. The van der Waals surface area contributed by atoms with Crippen LogP contribution in [0.1, 0.15) is 23.6 Å². The van der Waals surface area contributed by atoms with Crippen molar-refractivity contribution in [3.05, 3.63) is 34.9 Å². The molecule has 0 amide bonds.